The minimum Gasteiger partial charge on any atom is -0.282 e. The number of thiazole rings is 1. The Balaban J connectivity index is 1.91. The van der Waals surface area contributed by atoms with E-state index in [2.05, 4.69) is 15.2 Å². The van der Waals surface area contributed by atoms with Gasteiger partial charge >= 0.3 is 0 Å². The molecule has 0 saturated heterocycles. The van der Waals surface area contributed by atoms with Gasteiger partial charge in [-0.25, -0.2) is 4.98 Å². The highest BCUT2D eigenvalue weighted by molar-refractivity contribution is 8.00. The third-order valence-corrected chi connectivity index (χ3v) is 3.33. The van der Waals surface area contributed by atoms with E-state index >= 15 is 0 Å². The van der Waals surface area contributed by atoms with Crippen molar-refractivity contribution >= 4 is 23.1 Å². The lowest BCUT2D eigenvalue weighted by molar-refractivity contribution is 1.04. The molecule has 5 heteroatoms. The number of nitrogens with one attached hydrogen (secondary N) is 1. The summed E-state index contributed by atoms with van der Waals surface area (Å²) in [6.07, 6.45) is 3.58. The van der Waals surface area contributed by atoms with E-state index in [0.29, 0.717) is 0 Å². The van der Waals surface area contributed by atoms with Gasteiger partial charge in [0.25, 0.3) is 0 Å². The summed E-state index contributed by atoms with van der Waals surface area (Å²) in [5.41, 5.74) is 1.13. The van der Waals surface area contributed by atoms with E-state index in [9.17, 15) is 0 Å². The van der Waals surface area contributed by atoms with Crippen LogP contribution in [0, 0.1) is 0 Å². The third-order valence-electron chi connectivity index (χ3n) is 1.32. The molecule has 0 aliphatic heterocycles. The van der Waals surface area contributed by atoms with Gasteiger partial charge in [0.15, 0.2) is 0 Å². The van der Waals surface area contributed by atoms with Crippen molar-refractivity contribution in [3.8, 4) is 0 Å². The number of aromatic amines is 1. The number of hydrogen-bond acceptors (Lipinski definition) is 4. The molecular weight excluding hydrogens is 190 g/mol. The standard InChI is InChI=1S/C7H7N3S2/c1-2-9-10-6(1)5-12-7-8-3-4-11-7/h1-4H,5H2,(H,9,10). The van der Waals surface area contributed by atoms with Crippen LogP contribution in [-0.4, -0.2) is 15.2 Å². The molecule has 0 atom stereocenters. The summed E-state index contributed by atoms with van der Waals surface area (Å²) in [5, 5.41) is 8.75. The van der Waals surface area contributed by atoms with E-state index < -0.39 is 0 Å². The van der Waals surface area contributed by atoms with Gasteiger partial charge < -0.3 is 0 Å². The predicted molar refractivity (Wildman–Crippen MR) is 50.3 cm³/mol. The fraction of sp³-hybridized carbons (Fsp3) is 0.143. The molecule has 0 spiro atoms. The second-order valence-corrected chi connectivity index (χ2v) is 4.29. The van der Waals surface area contributed by atoms with Crippen molar-refractivity contribution in [1.29, 1.82) is 0 Å². The molecule has 0 radical (unpaired) electrons. The molecule has 2 aromatic rings. The number of aromatic nitrogens is 3. The Morgan fingerprint density at radius 1 is 1.50 bits per heavy atom. The maximum absolute atomic E-state index is 4.16. The van der Waals surface area contributed by atoms with Gasteiger partial charge in [0.05, 0.1) is 0 Å². The molecule has 12 heavy (non-hydrogen) atoms. The molecule has 1 N–H and O–H groups in total. The van der Waals surface area contributed by atoms with Crippen LogP contribution in [0.2, 0.25) is 0 Å². The van der Waals surface area contributed by atoms with Gasteiger partial charge in [-0.05, 0) is 6.07 Å². The molecule has 2 rings (SSSR count). The number of H-pyrrole nitrogens is 1. The van der Waals surface area contributed by atoms with Crippen LogP contribution in [-0.2, 0) is 5.75 Å². The van der Waals surface area contributed by atoms with Gasteiger partial charge in [-0.2, -0.15) is 5.10 Å². The van der Waals surface area contributed by atoms with Gasteiger partial charge in [0.2, 0.25) is 0 Å². The highest BCUT2D eigenvalue weighted by Crippen LogP contribution is 2.23. The topological polar surface area (TPSA) is 41.6 Å². The van der Waals surface area contributed by atoms with Crippen molar-refractivity contribution in [2.75, 3.05) is 0 Å². The van der Waals surface area contributed by atoms with Crippen LogP contribution in [0.15, 0.2) is 28.2 Å². The predicted octanol–water partition coefficient (Wildman–Crippen LogP) is 2.16. The minimum absolute atomic E-state index is 0.910. The fourth-order valence-corrected chi connectivity index (χ4v) is 2.34. The molecule has 0 unspecified atom stereocenters. The maximum Gasteiger partial charge on any atom is 0.150 e. The summed E-state index contributed by atoms with van der Waals surface area (Å²) in [6, 6.07) is 1.97. The van der Waals surface area contributed by atoms with Crippen molar-refractivity contribution in [1.82, 2.24) is 15.2 Å². The first-order chi connectivity index (χ1) is 5.95. The maximum atomic E-state index is 4.16. The van der Waals surface area contributed by atoms with E-state index in [1.54, 1.807) is 29.3 Å². The molecule has 3 nitrogen and oxygen atoms in total. The van der Waals surface area contributed by atoms with Crippen molar-refractivity contribution < 1.29 is 0 Å². The second-order valence-electron chi connectivity index (χ2n) is 2.17. The molecule has 0 bridgehead atoms. The zero-order valence-corrected chi connectivity index (χ0v) is 7.86. The average Bonchev–Trinajstić information content (AvgIpc) is 2.74. The molecule has 0 aromatic carbocycles. The Morgan fingerprint density at radius 3 is 3.17 bits per heavy atom. The Kier molecular flexibility index (Phi) is 2.43. The Hall–Kier alpha value is -0.810. The second kappa shape index (κ2) is 3.73. The first-order valence-electron chi connectivity index (χ1n) is 3.46. The van der Waals surface area contributed by atoms with Crippen LogP contribution in [0.3, 0.4) is 0 Å². The lowest BCUT2D eigenvalue weighted by atomic mass is 10.5. The molecule has 0 amide bonds. The molecule has 0 aliphatic rings. The largest absolute Gasteiger partial charge is 0.282 e. The Bertz CT molecular complexity index is 280. The Morgan fingerprint density at radius 2 is 2.50 bits per heavy atom. The van der Waals surface area contributed by atoms with Crippen LogP contribution >= 0.6 is 23.1 Å². The molecule has 0 saturated carbocycles. The van der Waals surface area contributed by atoms with E-state index in [0.717, 1.165) is 15.8 Å². The van der Waals surface area contributed by atoms with Crippen LogP contribution < -0.4 is 0 Å². The number of thioether (sulfide) groups is 1. The lowest BCUT2D eigenvalue weighted by Gasteiger charge is -1.92. The first kappa shape index (κ1) is 7.82. The zero-order chi connectivity index (χ0) is 8.23. The summed E-state index contributed by atoms with van der Waals surface area (Å²) in [6.45, 7) is 0. The fourth-order valence-electron chi connectivity index (χ4n) is 0.786. The van der Waals surface area contributed by atoms with Crippen molar-refractivity contribution in [3.63, 3.8) is 0 Å². The molecular formula is C7H7N3S2. The highest BCUT2D eigenvalue weighted by atomic mass is 32.2. The monoisotopic (exact) mass is 197 g/mol. The van der Waals surface area contributed by atoms with E-state index in [1.165, 1.54) is 0 Å². The molecule has 62 valence electrons. The van der Waals surface area contributed by atoms with Crippen molar-refractivity contribution in [2.45, 2.75) is 10.1 Å². The van der Waals surface area contributed by atoms with Gasteiger partial charge in [-0.3, -0.25) is 5.10 Å². The third kappa shape index (κ3) is 1.86. The summed E-state index contributed by atoms with van der Waals surface area (Å²) in [5.74, 6) is 0.910. The minimum atomic E-state index is 0.910. The van der Waals surface area contributed by atoms with Gasteiger partial charge in [-0.1, -0.05) is 11.8 Å². The van der Waals surface area contributed by atoms with Crippen LogP contribution in [0.5, 0.6) is 0 Å². The summed E-state index contributed by atoms with van der Waals surface area (Å²) < 4.78 is 1.10. The van der Waals surface area contributed by atoms with E-state index in [1.807, 2.05) is 17.6 Å². The summed E-state index contributed by atoms with van der Waals surface area (Å²) in [7, 11) is 0. The van der Waals surface area contributed by atoms with Crippen LogP contribution in [0.25, 0.3) is 0 Å². The zero-order valence-electron chi connectivity index (χ0n) is 6.23. The number of rotatable bonds is 3. The summed E-state index contributed by atoms with van der Waals surface area (Å²) >= 11 is 3.38. The summed E-state index contributed by atoms with van der Waals surface area (Å²) in [4.78, 5) is 4.16. The van der Waals surface area contributed by atoms with Crippen molar-refractivity contribution in [3.05, 3.63) is 29.5 Å². The normalized spacial score (nSPS) is 10.3. The van der Waals surface area contributed by atoms with Gasteiger partial charge in [0, 0.05) is 29.2 Å². The smallest absolute Gasteiger partial charge is 0.150 e. The molecule has 0 aliphatic carbocycles. The van der Waals surface area contributed by atoms with Crippen molar-refractivity contribution in [2.24, 2.45) is 0 Å². The lowest BCUT2D eigenvalue weighted by Crippen LogP contribution is -1.79. The SMILES string of the molecule is c1cc(CSc2nccs2)[nH]n1. The molecule has 2 aromatic heterocycles. The number of nitrogens with zero attached hydrogens (tertiary/aromatic N) is 2. The average molecular weight is 197 g/mol. The van der Waals surface area contributed by atoms with E-state index in [4.69, 9.17) is 0 Å². The first-order valence-corrected chi connectivity index (χ1v) is 5.32. The Labute approximate surface area is 78.2 Å². The molecule has 0 fully saturated rings. The van der Waals surface area contributed by atoms with E-state index in [-0.39, 0.29) is 0 Å². The highest BCUT2D eigenvalue weighted by Gasteiger charge is 1.97. The van der Waals surface area contributed by atoms with Gasteiger partial charge in [-0.15, -0.1) is 11.3 Å². The quantitative estimate of drug-likeness (QED) is 0.767. The number of hydrogen-bond donors (Lipinski definition) is 1. The molecule has 2 heterocycles. The van der Waals surface area contributed by atoms with Crippen LogP contribution in [0.4, 0.5) is 0 Å². The van der Waals surface area contributed by atoms with Gasteiger partial charge in [0.1, 0.15) is 4.34 Å². The van der Waals surface area contributed by atoms with Crippen LogP contribution in [0.1, 0.15) is 5.69 Å².